The molecule has 2 atom stereocenters. The monoisotopic (exact) mass is 357 g/mol. The Morgan fingerprint density at radius 1 is 1.48 bits per heavy atom. The van der Waals surface area contributed by atoms with Gasteiger partial charge in [-0.3, -0.25) is 4.68 Å². The van der Waals surface area contributed by atoms with Crippen molar-refractivity contribution < 1.29 is 5.11 Å². The van der Waals surface area contributed by atoms with Gasteiger partial charge in [0, 0.05) is 19.6 Å². The topological polar surface area (TPSA) is 50.1 Å². The van der Waals surface area contributed by atoms with Crippen molar-refractivity contribution in [2.75, 3.05) is 6.54 Å². The fourth-order valence-corrected chi connectivity index (χ4v) is 4.10. The highest BCUT2D eigenvalue weighted by Crippen LogP contribution is 2.31. The normalized spacial score (nSPS) is 26.2. The predicted molar refractivity (Wildman–Crippen MR) is 89.3 cm³/mol. The molecule has 1 heterocycles. The lowest BCUT2D eigenvalue weighted by molar-refractivity contribution is -0.0120. The van der Waals surface area contributed by atoms with Gasteiger partial charge in [0.15, 0.2) is 0 Å². The second-order valence-corrected chi connectivity index (χ2v) is 7.20. The van der Waals surface area contributed by atoms with Gasteiger partial charge in [-0.2, -0.15) is 5.10 Å². The summed E-state index contributed by atoms with van der Waals surface area (Å²) in [6, 6.07) is 0. The third kappa shape index (κ3) is 4.08. The molecule has 5 heteroatoms. The molecular formula is C16H28BrN3O. The minimum Gasteiger partial charge on any atom is -0.389 e. The van der Waals surface area contributed by atoms with Crippen LogP contribution in [0.15, 0.2) is 4.47 Å². The molecule has 4 nitrogen and oxygen atoms in total. The maximum Gasteiger partial charge on any atom is 0.0774 e. The van der Waals surface area contributed by atoms with Crippen LogP contribution < -0.4 is 5.32 Å². The number of nitrogens with one attached hydrogen (secondary N) is 1. The summed E-state index contributed by atoms with van der Waals surface area (Å²) in [5, 5.41) is 18.7. The van der Waals surface area contributed by atoms with E-state index in [1.54, 1.807) is 0 Å². The van der Waals surface area contributed by atoms with Crippen LogP contribution >= 0.6 is 15.9 Å². The second kappa shape index (κ2) is 7.25. The standard InChI is InChI=1S/C16H28BrN3O/c1-4-13-15(17)14(20(5-2)19-13)10-18-11-16(21)8-6-7-12(3)9-16/h12,18,21H,4-11H2,1-3H3. The third-order valence-corrected chi connectivity index (χ3v) is 5.42. The first-order valence-electron chi connectivity index (χ1n) is 8.16. The van der Waals surface area contributed by atoms with E-state index in [0.29, 0.717) is 12.5 Å². The van der Waals surface area contributed by atoms with Crippen molar-refractivity contribution in [3.05, 3.63) is 15.9 Å². The highest BCUT2D eigenvalue weighted by atomic mass is 79.9. The van der Waals surface area contributed by atoms with Gasteiger partial charge in [0.1, 0.15) is 0 Å². The first-order chi connectivity index (χ1) is 9.99. The minimum absolute atomic E-state index is 0.533. The van der Waals surface area contributed by atoms with E-state index in [9.17, 15) is 5.11 Å². The van der Waals surface area contributed by atoms with Crippen LogP contribution in [0.25, 0.3) is 0 Å². The van der Waals surface area contributed by atoms with Crippen molar-refractivity contribution in [1.82, 2.24) is 15.1 Å². The lowest BCUT2D eigenvalue weighted by Gasteiger charge is -2.35. The zero-order valence-corrected chi connectivity index (χ0v) is 15.0. The number of hydrogen-bond acceptors (Lipinski definition) is 3. The zero-order chi connectivity index (χ0) is 15.5. The van der Waals surface area contributed by atoms with Gasteiger partial charge in [-0.1, -0.05) is 26.7 Å². The Hall–Kier alpha value is -0.390. The van der Waals surface area contributed by atoms with E-state index in [4.69, 9.17) is 0 Å². The molecule has 0 amide bonds. The molecule has 0 radical (unpaired) electrons. The molecule has 0 aliphatic heterocycles. The molecule has 2 rings (SSSR count). The van der Waals surface area contributed by atoms with Crippen LogP contribution in [-0.2, 0) is 19.5 Å². The van der Waals surface area contributed by atoms with Crippen LogP contribution in [0.1, 0.15) is 57.8 Å². The lowest BCUT2D eigenvalue weighted by Crippen LogP contribution is -2.44. The first kappa shape index (κ1) is 17.0. The highest BCUT2D eigenvalue weighted by molar-refractivity contribution is 9.10. The molecule has 21 heavy (non-hydrogen) atoms. The third-order valence-electron chi connectivity index (χ3n) is 4.51. The predicted octanol–water partition coefficient (Wildman–Crippen LogP) is 3.26. The van der Waals surface area contributed by atoms with Crippen molar-refractivity contribution >= 4 is 15.9 Å². The summed E-state index contributed by atoms with van der Waals surface area (Å²) in [5.41, 5.74) is 1.76. The summed E-state index contributed by atoms with van der Waals surface area (Å²) in [4.78, 5) is 0. The van der Waals surface area contributed by atoms with Crippen LogP contribution in [0, 0.1) is 5.92 Å². The minimum atomic E-state index is -0.533. The van der Waals surface area contributed by atoms with Crippen molar-refractivity contribution in [3.63, 3.8) is 0 Å². The van der Waals surface area contributed by atoms with Gasteiger partial charge in [-0.15, -0.1) is 0 Å². The van der Waals surface area contributed by atoms with Gasteiger partial charge in [0.2, 0.25) is 0 Å². The number of nitrogens with zero attached hydrogens (tertiary/aromatic N) is 2. The number of aryl methyl sites for hydroxylation is 2. The summed E-state index contributed by atoms with van der Waals surface area (Å²) in [7, 11) is 0. The quantitative estimate of drug-likeness (QED) is 0.821. The van der Waals surface area contributed by atoms with Gasteiger partial charge in [-0.05, 0) is 48.0 Å². The van der Waals surface area contributed by atoms with Crippen LogP contribution in [0.2, 0.25) is 0 Å². The number of rotatable bonds is 6. The Bertz CT molecular complexity index is 474. The molecule has 0 bridgehead atoms. The molecule has 1 aliphatic rings. The van der Waals surface area contributed by atoms with E-state index in [0.717, 1.165) is 48.9 Å². The molecular weight excluding hydrogens is 330 g/mol. The van der Waals surface area contributed by atoms with Crippen LogP contribution in [0.4, 0.5) is 0 Å². The maximum absolute atomic E-state index is 10.7. The lowest BCUT2D eigenvalue weighted by atomic mass is 9.79. The SMILES string of the molecule is CCc1nn(CC)c(CNCC2(O)CCCC(C)C2)c1Br. The van der Waals surface area contributed by atoms with E-state index in [2.05, 4.69) is 47.1 Å². The second-order valence-electron chi connectivity index (χ2n) is 6.41. The van der Waals surface area contributed by atoms with Gasteiger partial charge in [-0.25, -0.2) is 0 Å². The molecule has 1 fully saturated rings. The molecule has 0 aromatic carbocycles. The van der Waals surface area contributed by atoms with Gasteiger partial charge < -0.3 is 10.4 Å². The van der Waals surface area contributed by atoms with Crippen molar-refractivity contribution in [1.29, 1.82) is 0 Å². The average Bonchev–Trinajstić information content (AvgIpc) is 2.75. The van der Waals surface area contributed by atoms with Crippen molar-refractivity contribution in [3.8, 4) is 0 Å². The summed E-state index contributed by atoms with van der Waals surface area (Å²) in [6.45, 7) is 8.75. The molecule has 1 aliphatic carbocycles. The van der Waals surface area contributed by atoms with Gasteiger partial charge in [0.25, 0.3) is 0 Å². The molecule has 120 valence electrons. The zero-order valence-electron chi connectivity index (χ0n) is 13.5. The smallest absolute Gasteiger partial charge is 0.0774 e. The molecule has 2 unspecified atom stereocenters. The summed E-state index contributed by atoms with van der Waals surface area (Å²) >= 11 is 3.67. The van der Waals surface area contributed by atoms with Crippen LogP contribution in [-0.4, -0.2) is 27.0 Å². The Morgan fingerprint density at radius 2 is 2.24 bits per heavy atom. The largest absolute Gasteiger partial charge is 0.389 e. The number of aliphatic hydroxyl groups is 1. The summed E-state index contributed by atoms with van der Waals surface area (Å²) < 4.78 is 3.16. The molecule has 1 aromatic rings. The number of hydrogen-bond donors (Lipinski definition) is 2. The van der Waals surface area contributed by atoms with E-state index in [-0.39, 0.29) is 0 Å². The maximum atomic E-state index is 10.7. The molecule has 1 aromatic heterocycles. The van der Waals surface area contributed by atoms with Crippen LogP contribution in [0.3, 0.4) is 0 Å². The van der Waals surface area contributed by atoms with Gasteiger partial charge in [0.05, 0.1) is 21.5 Å². The molecule has 0 saturated heterocycles. The number of halogens is 1. The highest BCUT2D eigenvalue weighted by Gasteiger charge is 2.32. The molecule has 2 N–H and O–H groups in total. The van der Waals surface area contributed by atoms with E-state index in [1.165, 1.54) is 12.1 Å². The van der Waals surface area contributed by atoms with Gasteiger partial charge >= 0.3 is 0 Å². The number of aromatic nitrogens is 2. The Labute approximate surface area is 136 Å². The van der Waals surface area contributed by atoms with E-state index in [1.807, 2.05) is 4.68 Å². The summed E-state index contributed by atoms with van der Waals surface area (Å²) in [5.74, 6) is 0.630. The molecule has 1 saturated carbocycles. The average molecular weight is 358 g/mol. The first-order valence-corrected chi connectivity index (χ1v) is 8.95. The fraction of sp³-hybridized carbons (Fsp3) is 0.812. The Kier molecular flexibility index (Phi) is 5.86. The van der Waals surface area contributed by atoms with Crippen molar-refractivity contribution in [2.24, 2.45) is 5.92 Å². The van der Waals surface area contributed by atoms with E-state index < -0.39 is 5.60 Å². The Morgan fingerprint density at radius 3 is 2.86 bits per heavy atom. The summed E-state index contributed by atoms with van der Waals surface area (Å²) in [6.07, 6.45) is 5.14. The Balaban J connectivity index is 1.95. The fourth-order valence-electron chi connectivity index (χ4n) is 3.39. The van der Waals surface area contributed by atoms with Crippen molar-refractivity contribution in [2.45, 2.75) is 71.6 Å². The molecule has 0 spiro atoms. The van der Waals surface area contributed by atoms with Crippen LogP contribution in [0.5, 0.6) is 0 Å². The van der Waals surface area contributed by atoms with E-state index >= 15 is 0 Å².